The average Bonchev–Trinajstić information content (AvgIpc) is 3.34. The van der Waals surface area contributed by atoms with E-state index >= 15 is 0 Å². The van der Waals surface area contributed by atoms with E-state index in [0.717, 1.165) is 12.1 Å². The number of ether oxygens (including phenoxy) is 1. The highest BCUT2D eigenvalue weighted by Crippen LogP contribution is 2.37. The highest BCUT2D eigenvalue weighted by atomic mass is 32.2. The van der Waals surface area contributed by atoms with Crippen LogP contribution in [-0.2, 0) is 13.0 Å². The van der Waals surface area contributed by atoms with Gasteiger partial charge in [0.15, 0.2) is 23.4 Å². The SMILES string of the molecule is C/N=C(/N)S[C@](C)(Cc1cc(NC(=O)c2ncc(OCc3ncco3)cc2C)cc(F)c1F)C(F)F. The van der Waals surface area contributed by atoms with Crippen LogP contribution in [0.25, 0.3) is 0 Å². The second kappa shape index (κ2) is 11.4. The van der Waals surface area contributed by atoms with Crippen LogP contribution in [0, 0.1) is 18.6 Å². The van der Waals surface area contributed by atoms with Gasteiger partial charge in [0, 0.05) is 18.8 Å². The van der Waals surface area contributed by atoms with Crippen LogP contribution in [0.4, 0.5) is 23.2 Å². The topological polar surface area (TPSA) is 116 Å². The molecule has 0 spiro atoms. The van der Waals surface area contributed by atoms with E-state index in [0.29, 0.717) is 29.0 Å². The first-order chi connectivity index (χ1) is 17.0. The van der Waals surface area contributed by atoms with Crippen LogP contribution in [0.2, 0.25) is 0 Å². The number of aryl methyl sites for hydroxylation is 1. The second-order valence-electron chi connectivity index (χ2n) is 7.89. The molecule has 13 heteroatoms. The zero-order valence-corrected chi connectivity index (χ0v) is 20.3. The number of nitrogens with zero attached hydrogens (tertiary/aromatic N) is 3. The second-order valence-corrected chi connectivity index (χ2v) is 9.45. The minimum absolute atomic E-state index is 0.00432. The molecule has 2 aromatic heterocycles. The lowest BCUT2D eigenvalue weighted by Gasteiger charge is -2.28. The highest BCUT2D eigenvalue weighted by molar-refractivity contribution is 8.15. The molecule has 0 saturated carbocycles. The predicted molar refractivity (Wildman–Crippen MR) is 127 cm³/mol. The van der Waals surface area contributed by atoms with E-state index in [1.807, 2.05) is 0 Å². The molecule has 0 saturated heterocycles. The van der Waals surface area contributed by atoms with E-state index in [1.165, 1.54) is 32.6 Å². The number of pyridine rings is 1. The van der Waals surface area contributed by atoms with Crippen LogP contribution in [0.3, 0.4) is 0 Å². The summed E-state index contributed by atoms with van der Waals surface area (Å²) in [7, 11) is 1.33. The molecule has 192 valence electrons. The molecule has 36 heavy (non-hydrogen) atoms. The van der Waals surface area contributed by atoms with E-state index in [1.54, 1.807) is 13.0 Å². The van der Waals surface area contributed by atoms with Crippen molar-refractivity contribution in [2.45, 2.75) is 38.0 Å². The molecule has 3 N–H and O–H groups in total. The number of aromatic nitrogens is 2. The van der Waals surface area contributed by atoms with E-state index in [-0.39, 0.29) is 28.7 Å². The van der Waals surface area contributed by atoms with Gasteiger partial charge in [0.2, 0.25) is 5.89 Å². The number of hydrogen-bond acceptors (Lipinski definition) is 7. The third kappa shape index (κ3) is 6.53. The van der Waals surface area contributed by atoms with E-state index in [4.69, 9.17) is 14.9 Å². The van der Waals surface area contributed by atoms with Crippen molar-refractivity contribution in [1.82, 2.24) is 9.97 Å². The number of hydrogen-bond donors (Lipinski definition) is 2. The summed E-state index contributed by atoms with van der Waals surface area (Å²) >= 11 is 0.557. The van der Waals surface area contributed by atoms with Crippen molar-refractivity contribution < 1.29 is 31.5 Å². The van der Waals surface area contributed by atoms with Crippen molar-refractivity contribution in [1.29, 1.82) is 0 Å². The molecule has 1 aromatic carbocycles. The molecule has 0 aliphatic carbocycles. The van der Waals surface area contributed by atoms with Crippen LogP contribution in [0.15, 0.2) is 46.3 Å². The molecule has 0 aliphatic rings. The molecule has 0 aliphatic heterocycles. The Balaban J connectivity index is 1.78. The average molecular weight is 526 g/mol. The van der Waals surface area contributed by atoms with Crippen LogP contribution in [-0.4, -0.2) is 39.3 Å². The first-order valence-electron chi connectivity index (χ1n) is 10.5. The van der Waals surface area contributed by atoms with Crippen molar-refractivity contribution in [2.24, 2.45) is 10.7 Å². The number of nitrogens with two attached hydrogens (primary N) is 1. The lowest BCUT2D eigenvalue weighted by atomic mass is 9.99. The summed E-state index contributed by atoms with van der Waals surface area (Å²) in [6.07, 6.45) is 0.681. The number of alkyl halides is 2. The van der Waals surface area contributed by atoms with Gasteiger partial charge in [0.25, 0.3) is 12.3 Å². The fraction of sp³-hybridized carbons (Fsp3) is 0.304. The van der Waals surface area contributed by atoms with Gasteiger partial charge in [-0.1, -0.05) is 11.8 Å². The molecule has 0 radical (unpaired) electrons. The number of nitrogens with one attached hydrogen (secondary N) is 1. The number of anilines is 1. The smallest absolute Gasteiger partial charge is 0.274 e. The first-order valence-corrected chi connectivity index (χ1v) is 11.3. The molecule has 0 bridgehead atoms. The summed E-state index contributed by atoms with van der Waals surface area (Å²) in [6.45, 7) is 2.84. The summed E-state index contributed by atoms with van der Waals surface area (Å²) in [6, 6.07) is 3.42. The molecule has 2 heterocycles. The van der Waals surface area contributed by atoms with Crippen molar-refractivity contribution in [2.75, 3.05) is 12.4 Å². The number of amides is 1. The van der Waals surface area contributed by atoms with E-state index in [2.05, 4.69) is 20.3 Å². The standard InChI is InChI=1S/C23H23F4N5O3S/c1-12-6-15(35-11-17-30-4-5-34-17)10-31-19(12)20(33)32-14-7-13(18(25)16(24)8-14)9-23(2,21(26)27)36-22(28)29-3/h4-8,10,21H,9,11H2,1-3H3,(H2,28,29)(H,32,33)/t23-/m1/s1. The Morgan fingerprint density at radius 1 is 1.31 bits per heavy atom. The molecule has 3 rings (SSSR count). The molecule has 3 aromatic rings. The summed E-state index contributed by atoms with van der Waals surface area (Å²) < 4.78 is 65.1. The van der Waals surface area contributed by atoms with Gasteiger partial charge in [-0.15, -0.1) is 0 Å². The number of amidine groups is 1. The maximum Gasteiger partial charge on any atom is 0.274 e. The third-order valence-corrected chi connectivity index (χ3v) is 6.22. The van der Waals surface area contributed by atoms with Gasteiger partial charge in [-0.2, -0.15) is 0 Å². The van der Waals surface area contributed by atoms with Crippen LogP contribution in [0.1, 0.15) is 34.4 Å². The van der Waals surface area contributed by atoms with E-state index in [9.17, 15) is 22.4 Å². The molecule has 8 nitrogen and oxygen atoms in total. The largest absolute Gasteiger partial charge is 0.482 e. The minimum Gasteiger partial charge on any atom is -0.482 e. The monoisotopic (exact) mass is 525 g/mol. The van der Waals surface area contributed by atoms with Crippen LogP contribution >= 0.6 is 11.8 Å². The first kappa shape index (κ1) is 27.0. The van der Waals surface area contributed by atoms with Gasteiger partial charge in [0.1, 0.15) is 17.7 Å². The quantitative estimate of drug-likeness (QED) is 0.236. The highest BCUT2D eigenvalue weighted by Gasteiger charge is 2.38. The van der Waals surface area contributed by atoms with Gasteiger partial charge in [-0.25, -0.2) is 27.5 Å². The number of carbonyl (C=O) groups excluding carboxylic acids is 1. The van der Waals surface area contributed by atoms with Crippen molar-refractivity contribution in [3.05, 3.63) is 71.2 Å². The van der Waals surface area contributed by atoms with Crippen LogP contribution in [0.5, 0.6) is 5.75 Å². The Kier molecular flexibility index (Phi) is 8.56. The number of thioether (sulfide) groups is 1. The molecule has 0 unspecified atom stereocenters. The summed E-state index contributed by atoms with van der Waals surface area (Å²) in [4.78, 5) is 24.4. The summed E-state index contributed by atoms with van der Waals surface area (Å²) in [5.74, 6) is -2.60. The number of aliphatic imine (C=N–C) groups is 1. The lowest BCUT2D eigenvalue weighted by Crippen LogP contribution is -2.36. The fourth-order valence-corrected chi connectivity index (χ4v) is 4.08. The van der Waals surface area contributed by atoms with Crippen molar-refractivity contribution in [3.8, 4) is 5.75 Å². The maximum absolute atomic E-state index is 14.5. The van der Waals surface area contributed by atoms with Crippen molar-refractivity contribution >= 4 is 28.5 Å². The molecule has 1 atom stereocenters. The van der Waals surface area contributed by atoms with Gasteiger partial charge < -0.3 is 20.2 Å². The van der Waals surface area contributed by atoms with Gasteiger partial charge in [-0.05, 0) is 43.5 Å². The number of halogens is 4. The molecule has 0 fully saturated rings. The van der Waals surface area contributed by atoms with Gasteiger partial charge >= 0.3 is 0 Å². The van der Waals surface area contributed by atoms with E-state index < -0.39 is 35.1 Å². The molecular formula is C23H23F4N5O3S. The lowest BCUT2D eigenvalue weighted by molar-refractivity contribution is 0.102. The Bertz CT molecular complexity index is 1260. The third-order valence-electron chi connectivity index (χ3n) is 5.04. The Morgan fingerprint density at radius 3 is 2.67 bits per heavy atom. The minimum atomic E-state index is -2.93. The molecular weight excluding hydrogens is 502 g/mol. The Hall–Kier alpha value is -3.61. The zero-order chi connectivity index (χ0) is 26.5. The number of benzene rings is 1. The van der Waals surface area contributed by atoms with Crippen molar-refractivity contribution in [3.63, 3.8) is 0 Å². The maximum atomic E-state index is 14.5. The molecule has 1 amide bonds. The number of rotatable bonds is 9. The number of oxazole rings is 1. The van der Waals surface area contributed by atoms with Gasteiger partial charge in [-0.3, -0.25) is 9.79 Å². The number of carbonyl (C=O) groups is 1. The normalized spacial score (nSPS) is 13.5. The summed E-state index contributed by atoms with van der Waals surface area (Å²) in [5.41, 5.74) is 5.54. The van der Waals surface area contributed by atoms with Crippen LogP contribution < -0.4 is 15.8 Å². The predicted octanol–water partition coefficient (Wildman–Crippen LogP) is 4.73. The Morgan fingerprint density at radius 2 is 2.06 bits per heavy atom. The van der Waals surface area contributed by atoms with Gasteiger partial charge in [0.05, 0.1) is 17.1 Å². The Labute approximate surface area is 208 Å². The zero-order valence-electron chi connectivity index (χ0n) is 19.5. The fourth-order valence-electron chi connectivity index (χ4n) is 3.19. The summed E-state index contributed by atoms with van der Waals surface area (Å²) in [5, 5.41) is 2.30.